The van der Waals surface area contributed by atoms with Crippen LogP contribution in [0.4, 0.5) is 4.39 Å². The van der Waals surface area contributed by atoms with Gasteiger partial charge in [-0.3, -0.25) is 4.79 Å². The summed E-state index contributed by atoms with van der Waals surface area (Å²) in [4.78, 5) is 11.4. The third-order valence-corrected chi connectivity index (χ3v) is 3.35. The van der Waals surface area contributed by atoms with E-state index in [2.05, 4.69) is 10.6 Å². The molecule has 1 amide bonds. The van der Waals surface area contributed by atoms with Crippen LogP contribution in [0.1, 0.15) is 24.8 Å². The van der Waals surface area contributed by atoms with Gasteiger partial charge in [-0.1, -0.05) is 17.7 Å². The van der Waals surface area contributed by atoms with Gasteiger partial charge >= 0.3 is 0 Å². The van der Waals surface area contributed by atoms with Crippen molar-refractivity contribution in [1.29, 1.82) is 0 Å². The van der Waals surface area contributed by atoms with E-state index in [1.54, 1.807) is 12.1 Å². The van der Waals surface area contributed by atoms with Crippen molar-refractivity contribution in [3.05, 3.63) is 34.6 Å². The highest BCUT2D eigenvalue weighted by molar-refractivity contribution is 6.30. The molecule has 1 fully saturated rings. The molecule has 0 aromatic heterocycles. The number of carbonyl (C=O) groups excluding carboxylic acids is 1. The van der Waals surface area contributed by atoms with E-state index in [1.165, 1.54) is 6.07 Å². The molecule has 2 rings (SSSR count). The van der Waals surface area contributed by atoms with Gasteiger partial charge < -0.3 is 10.6 Å². The maximum Gasteiger partial charge on any atom is 0.221 e. The lowest BCUT2D eigenvalue weighted by molar-refractivity contribution is -0.121. The summed E-state index contributed by atoms with van der Waals surface area (Å²) in [5.41, 5.74) is 0.922. The van der Waals surface area contributed by atoms with Crippen LogP contribution in [0.2, 0.25) is 5.02 Å². The zero-order valence-corrected chi connectivity index (χ0v) is 10.8. The van der Waals surface area contributed by atoms with Gasteiger partial charge in [0.2, 0.25) is 5.91 Å². The fourth-order valence-electron chi connectivity index (χ4n) is 2.06. The molecule has 1 aliphatic rings. The van der Waals surface area contributed by atoms with Crippen molar-refractivity contribution < 1.29 is 9.18 Å². The largest absolute Gasteiger partial charge is 0.356 e. The highest BCUT2D eigenvalue weighted by atomic mass is 35.5. The van der Waals surface area contributed by atoms with Gasteiger partial charge in [-0.25, -0.2) is 4.39 Å². The van der Waals surface area contributed by atoms with Crippen LogP contribution in [0.25, 0.3) is 0 Å². The second-order valence-corrected chi connectivity index (χ2v) is 4.93. The Bertz CT molecular complexity index is 439. The Balaban J connectivity index is 1.90. The maximum absolute atomic E-state index is 13.0. The zero-order valence-electron chi connectivity index (χ0n) is 10.0. The van der Waals surface area contributed by atoms with Gasteiger partial charge in [-0.15, -0.1) is 0 Å². The first-order valence-electron chi connectivity index (χ1n) is 6.09. The zero-order chi connectivity index (χ0) is 13.0. The molecule has 1 unspecified atom stereocenters. The second kappa shape index (κ2) is 6.16. The van der Waals surface area contributed by atoms with E-state index in [4.69, 9.17) is 11.6 Å². The summed E-state index contributed by atoms with van der Waals surface area (Å²) in [6.45, 7) is 1.34. The number of hydrogen-bond acceptors (Lipinski definition) is 2. The van der Waals surface area contributed by atoms with E-state index < -0.39 is 5.82 Å². The van der Waals surface area contributed by atoms with Crippen molar-refractivity contribution in [2.75, 3.05) is 6.54 Å². The topological polar surface area (TPSA) is 41.1 Å². The number of halogens is 2. The van der Waals surface area contributed by atoms with E-state index in [9.17, 15) is 9.18 Å². The van der Waals surface area contributed by atoms with Crippen LogP contribution in [0.3, 0.4) is 0 Å². The molecule has 1 aliphatic heterocycles. The average molecular weight is 271 g/mol. The lowest BCUT2D eigenvalue weighted by Crippen LogP contribution is -2.32. The smallest absolute Gasteiger partial charge is 0.221 e. The van der Waals surface area contributed by atoms with Crippen LogP contribution in [0.15, 0.2) is 18.2 Å². The normalized spacial score (nSPS) is 20.3. The van der Waals surface area contributed by atoms with Gasteiger partial charge in [0.15, 0.2) is 0 Å². The molecule has 0 bridgehead atoms. The summed E-state index contributed by atoms with van der Waals surface area (Å²) in [5.74, 6) is -0.323. The van der Waals surface area contributed by atoms with E-state index in [0.717, 1.165) is 24.9 Å². The Morgan fingerprint density at radius 2 is 2.33 bits per heavy atom. The SMILES string of the molecule is O=C1CC(NCc2ccc(F)c(Cl)c2)CCCN1. The van der Waals surface area contributed by atoms with E-state index in [-0.39, 0.29) is 17.0 Å². The molecule has 98 valence electrons. The molecule has 1 aromatic carbocycles. The predicted octanol–water partition coefficient (Wildman–Crippen LogP) is 2.24. The van der Waals surface area contributed by atoms with Crippen LogP contribution >= 0.6 is 11.6 Å². The molecule has 0 spiro atoms. The molecule has 1 saturated heterocycles. The van der Waals surface area contributed by atoms with Crippen LogP contribution in [-0.2, 0) is 11.3 Å². The predicted molar refractivity (Wildman–Crippen MR) is 68.9 cm³/mol. The number of amides is 1. The number of benzene rings is 1. The number of rotatable bonds is 3. The van der Waals surface area contributed by atoms with Crippen molar-refractivity contribution in [3.63, 3.8) is 0 Å². The summed E-state index contributed by atoms with van der Waals surface area (Å²) < 4.78 is 13.0. The number of nitrogens with one attached hydrogen (secondary N) is 2. The van der Waals surface area contributed by atoms with Gasteiger partial charge in [0, 0.05) is 25.6 Å². The lowest BCUT2D eigenvalue weighted by atomic mass is 10.1. The molecule has 0 radical (unpaired) electrons. The van der Waals surface area contributed by atoms with Gasteiger partial charge in [0.05, 0.1) is 5.02 Å². The molecule has 0 aliphatic carbocycles. The van der Waals surface area contributed by atoms with Crippen molar-refractivity contribution in [2.45, 2.75) is 31.8 Å². The third-order valence-electron chi connectivity index (χ3n) is 3.06. The van der Waals surface area contributed by atoms with Crippen LogP contribution < -0.4 is 10.6 Å². The Hall–Kier alpha value is -1.13. The molecule has 2 N–H and O–H groups in total. The molecule has 18 heavy (non-hydrogen) atoms. The van der Waals surface area contributed by atoms with Crippen LogP contribution in [0, 0.1) is 5.82 Å². The fraction of sp³-hybridized carbons (Fsp3) is 0.462. The Kier molecular flexibility index (Phi) is 4.55. The summed E-state index contributed by atoms with van der Waals surface area (Å²) in [5, 5.41) is 6.28. The molecule has 5 heteroatoms. The molecule has 0 saturated carbocycles. The quantitative estimate of drug-likeness (QED) is 0.884. The summed E-state index contributed by atoms with van der Waals surface area (Å²) >= 11 is 5.72. The molecule has 1 aromatic rings. The highest BCUT2D eigenvalue weighted by Gasteiger charge is 2.16. The first kappa shape index (κ1) is 13.3. The molecule has 1 atom stereocenters. The van der Waals surface area contributed by atoms with Gasteiger partial charge in [0.25, 0.3) is 0 Å². The van der Waals surface area contributed by atoms with Crippen molar-refractivity contribution >= 4 is 17.5 Å². The van der Waals surface area contributed by atoms with Gasteiger partial charge in [-0.2, -0.15) is 0 Å². The Morgan fingerprint density at radius 3 is 3.11 bits per heavy atom. The van der Waals surface area contributed by atoms with E-state index >= 15 is 0 Å². The van der Waals surface area contributed by atoms with Gasteiger partial charge in [0.1, 0.15) is 5.82 Å². The average Bonchev–Trinajstić information content (AvgIpc) is 2.55. The maximum atomic E-state index is 13.0. The number of carbonyl (C=O) groups is 1. The standard InChI is InChI=1S/C13H16ClFN2O/c14-11-6-9(3-4-12(11)15)8-17-10-2-1-5-16-13(18)7-10/h3-4,6,10,17H,1-2,5,7-8H2,(H,16,18). The molecule has 3 nitrogen and oxygen atoms in total. The number of hydrogen-bond donors (Lipinski definition) is 2. The minimum Gasteiger partial charge on any atom is -0.356 e. The Morgan fingerprint density at radius 1 is 1.50 bits per heavy atom. The van der Waals surface area contributed by atoms with Crippen molar-refractivity contribution in [2.24, 2.45) is 0 Å². The minimum absolute atomic E-state index is 0.0853. The monoisotopic (exact) mass is 270 g/mol. The second-order valence-electron chi connectivity index (χ2n) is 4.52. The minimum atomic E-state index is -0.408. The first-order chi connectivity index (χ1) is 8.65. The lowest BCUT2D eigenvalue weighted by Gasteiger charge is -2.15. The molecular weight excluding hydrogens is 255 g/mol. The van der Waals surface area contributed by atoms with Gasteiger partial charge in [-0.05, 0) is 30.5 Å². The van der Waals surface area contributed by atoms with Crippen LogP contribution in [-0.4, -0.2) is 18.5 Å². The summed E-state index contributed by atoms with van der Waals surface area (Å²) in [6, 6.07) is 4.85. The molecular formula is C13H16ClFN2O. The van der Waals surface area contributed by atoms with E-state index in [0.29, 0.717) is 13.0 Å². The molecule has 1 heterocycles. The highest BCUT2D eigenvalue weighted by Crippen LogP contribution is 2.16. The summed E-state index contributed by atoms with van der Waals surface area (Å²) in [6.07, 6.45) is 2.44. The first-order valence-corrected chi connectivity index (χ1v) is 6.47. The van der Waals surface area contributed by atoms with E-state index in [1.807, 2.05) is 0 Å². The van der Waals surface area contributed by atoms with Crippen LogP contribution in [0.5, 0.6) is 0 Å². The third kappa shape index (κ3) is 3.68. The van der Waals surface area contributed by atoms with Crippen molar-refractivity contribution in [1.82, 2.24) is 10.6 Å². The fourth-order valence-corrected chi connectivity index (χ4v) is 2.26. The van der Waals surface area contributed by atoms with Crippen molar-refractivity contribution in [3.8, 4) is 0 Å². The Labute approximate surface area is 111 Å². The summed E-state index contributed by atoms with van der Waals surface area (Å²) in [7, 11) is 0.